The minimum atomic E-state index is 0. The van der Waals surface area contributed by atoms with Gasteiger partial charge in [-0.2, -0.15) is 0 Å². The average Bonchev–Trinajstić information content (AvgIpc) is 3.10. The quantitative estimate of drug-likeness (QED) is 0.330. The molecule has 2 aliphatic rings. The zero-order valence-corrected chi connectivity index (χ0v) is 21.5. The van der Waals surface area contributed by atoms with Crippen LogP contribution in [0.25, 0.3) is 0 Å². The Morgan fingerprint density at radius 2 is 1.78 bits per heavy atom. The molecule has 0 saturated carbocycles. The maximum Gasteiger partial charge on any atom is 0.191 e. The Bertz CT molecular complexity index is 848. The van der Waals surface area contributed by atoms with Gasteiger partial charge in [0.2, 0.25) is 0 Å². The zero-order valence-electron chi connectivity index (χ0n) is 19.2. The van der Waals surface area contributed by atoms with E-state index in [9.17, 15) is 0 Å². The number of hydrogen-bond acceptors (Lipinski definition) is 4. The van der Waals surface area contributed by atoms with Crippen LogP contribution in [0.1, 0.15) is 23.1 Å². The standard InChI is InChI=1S/C25H35N5O.HI/c1-26-25(28-18-23-16-22-6-3-4-7-24(22)31-23)27-17-20-8-10-21(11-9-20)19-30-13-5-12-29(2)14-15-30;/h3-4,6-11,23H,5,12-19H2,1-2H3,(H2,26,27,28);1H. The van der Waals surface area contributed by atoms with Gasteiger partial charge in [-0.3, -0.25) is 9.89 Å². The van der Waals surface area contributed by atoms with Crippen molar-refractivity contribution in [3.63, 3.8) is 0 Å². The van der Waals surface area contributed by atoms with Gasteiger partial charge in [-0.25, -0.2) is 0 Å². The first kappa shape index (κ1) is 24.8. The molecule has 174 valence electrons. The number of rotatable bonds is 6. The first-order valence-corrected chi connectivity index (χ1v) is 11.4. The molecule has 2 aliphatic heterocycles. The molecule has 0 aromatic heterocycles. The maximum atomic E-state index is 6.00. The predicted molar refractivity (Wildman–Crippen MR) is 142 cm³/mol. The molecule has 0 aliphatic carbocycles. The molecule has 32 heavy (non-hydrogen) atoms. The lowest BCUT2D eigenvalue weighted by atomic mass is 10.1. The van der Waals surface area contributed by atoms with Crippen molar-refractivity contribution in [2.75, 3.05) is 46.8 Å². The number of halogens is 1. The SMILES string of the molecule is CN=C(NCc1ccc(CN2CCCN(C)CC2)cc1)NCC1Cc2ccccc2O1.I. The highest BCUT2D eigenvalue weighted by atomic mass is 127. The van der Waals surface area contributed by atoms with Gasteiger partial charge in [-0.15, -0.1) is 24.0 Å². The first-order chi connectivity index (χ1) is 15.2. The number of likely N-dealkylation sites (N-methyl/N-ethyl adjacent to an activating group) is 1. The van der Waals surface area contributed by atoms with E-state index in [1.165, 1.54) is 36.2 Å². The van der Waals surface area contributed by atoms with Crippen molar-refractivity contribution < 1.29 is 4.74 Å². The number of aliphatic imine (C=N–C) groups is 1. The van der Waals surface area contributed by atoms with E-state index in [0.29, 0.717) is 0 Å². The van der Waals surface area contributed by atoms with Gasteiger partial charge in [0, 0.05) is 39.6 Å². The molecular weight excluding hydrogens is 513 g/mol. The van der Waals surface area contributed by atoms with Gasteiger partial charge in [0.15, 0.2) is 5.96 Å². The second kappa shape index (κ2) is 12.4. The van der Waals surface area contributed by atoms with Gasteiger partial charge in [0.1, 0.15) is 11.9 Å². The van der Waals surface area contributed by atoms with Crippen LogP contribution in [0.2, 0.25) is 0 Å². The fraction of sp³-hybridized carbons (Fsp3) is 0.480. The van der Waals surface area contributed by atoms with E-state index >= 15 is 0 Å². The number of para-hydroxylation sites is 1. The maximum absolute atomic E-state index is 6.00. The van der Waals surface area contributed by atoms with Gasteiger partial charge in [0.05, 0.1) is 6.54 Å². The second-order valence-electron chi connectivity index (χ2n) is 8.61. The summed E-state index contributed by atoms with van der Waals surface area (Å²) in [5, 5.41) is 6.81. The summed E-state index contributed by atoms with van der Waals surface area (Å²) in [6.07, 6.45) is 2.34. The van der Waals surface area contributed by atoms with Crippen molar-refractivity contribution in [1.29, 1.82) is 0 Å². The molecule has 0 spiro atoms. The van der Waals surface area contributed by atoms with Crippen molar-refractivity contribution in [3.05, 3.63) is 65.2 Å². The van der Waals surface area contributed by atoms with Crippen LogP contribution >= 0.6 is 24.0 Å². The second-order valence-corrected chi connectivity index (χ2v) is 8.61. The Morgan fingerprint density at radius 1 is 1.00 bits per heavy atom. The third-order valence-electron chi connectivity index (χ3n) is 6.14. The summed E-state index contributed by atoms with van der Waals surface area (Å²) < 4.78 is 6.00. The number of nitrogens with zero attached hydrogens (tertiary/aromatic N) is 3. The van der Waals surface area contributed by atoms with Crippen molar-refractivity contribution in [2.24, 2.45) is 4.99 Å². The molecule has 7 heteroatoms. The average molecular weight is 550 g/mol. The van der Waals surface area contributed by atoms with Gasteiger partial charge in [-0.1, -0.05) is 42.5 Å². The molecule has 2 heterocycles. The van der Waals surface area contributed by atoms with E-state index in [0.717, 1.165) is 50.9 Å². The Morgan fingerprint density at radius 3 is 2.56 bits per heavy atom. The van der Waals surface area contributed by atoms with Crippen LogP contribution in [0.5, 0.6) is 5.75 Å². The molecule has 0 radical (unpaired) electrons. The molecule has 6 nitrogen and oxygen atoms in total. The topological polar surface area (TPSA) is 52.1 Å². The number of hydrogen-bond donors (Lipinski definition) is 2. The monoisotopic (exact) mass is 549 g/mol. The molecule has 0 amide bonds. The fourth-order valence-corrected chi connectivity index (χ4v) is 4.26. The van der Waals surface area contributed by atoms with E-state index in [1.807, 2.05) is 12.1 Å². The normalized spacial score (nSPS) is 19.4. The fourth-order valence-electron chi connectivity index (χ4n) is 4.26. The molecular formula is C25H36IN5O. The van der Waals surface area contributed by atoms with Crippen molar-refractivity contribution in [1.82, 2.24) is 20.4 Å². The van der Waals surface area contributed by atoms with Crippen LogP contribution < -0.4 is 15.4 Å². The van der Waals surface area contributed by atoms with Gasteiger partial charge < -0.3 is 20.3 Å². The number of guanidine groups is 1. The van der Waals surface area contributed by atoms with Crippen LogP contribution in [0, 0.1) is 0 Å². The van der Waals surface area contributed by atoms with Crippen LogP contribution in [-0.4, -0.2) is 68.7 Å². The third kappa shape index (κ3) is 7.08. The first-order valence-electron chi connectivity index (χ1n) is 11.4. The van der Waals surface area contributed by atoms with E-state index in [4.69, 9.17) is 4.74 Å². The Kier molecular flexibility index (Phi) is 9.62. The Labute approximate surface area is 209 Å². The summed E-state index contributed by atoms with van der Waals surface area (Å²) in [5.74, 6) is 1.81. The molecule has 2 N–H and O–H groups in total. The van der Waals surface area contributed by atoms with Crippen LogP contribution in [0.3, 0.4) is 0 Å². The smallest absolute Gasteiger partial charge is 0.191 e. The van der Waals surface area contributed by atoms with Crippen LogP contribution in [0.4, 0.5) is 0 Å². The highest BCUT2D eigenvalue weighted by Crippen LogP contribution is 2.27. The van der Waals surface area contributed by atoms with Crippen molar-refractivity contribution >= 4 is 29.9 Å². The molecule has 0 bridgehead atoms. The lowest BCUT2D eigenvalue weighted by Crippen LogP contribution is -2.41. The summed E-state index contributed by atoms with van der Waals surface area (Å²) in [6, 6.07) is 17.2. The number of ether oxygens (including phenoxy) is 1. The van der Waals surface area contributed by atoms with Gasteiger partial charge in [0.25, 0.3) is 0 Å². The van der Waals surface area contributed by atoms with Gasteiger partial charge in [-0.05, 0) is 49.3 Å². The molecule has 2 aromatic rings. The highest BCUT2D eigenvalue weighted by Gasteiger charge is 2.22. The summed E-state index contributed by atoms with van der Waals surface area (Å²) in [7, 11) is 4.02. The van der Waals surface area contributed by atoms with Gasteiger partial charge >= 0.3 is 0 Å². The lowest BCUT2D eigenvalue weighted by Gasteiger charge is -2.20. The van der Waals surface area contributed by atoms with E-state index in [-0.39, 0.29) is 30.1 Å². The molecule has 1 unspecified atom stereocenters. The van der Waals surface area contributed by atoms with Crippen molar-refractivity contribution in [2.45, 2.75) is 32.0 Å². The summed E-state index contributed by atoms with van der Waals surface area (Å²) >= 11 is 0. The summed E-state index contributed by atoms with van der Waals surface area (Å²) in [5.41, 5.74) is 3.92. The highest BCUT2D eigenvalue weighted by molar-refractivity contribution is 14.0. The number of fused-ring (bicyclic) bond motifs is 1. The molecule has 1 fully saturated rings. The number of nitrogens with one attached hydrogen (secondary N) is 2. The minimum Gasteiger partial charge on any atom is -0.488 e. The molecule has 1 atom stereocenters. The van der Waals surface area contributed by atoms with Crippen molar-refractivity contribution in [3.8, 4) is 5.75 Å². The molecule has 1 saturated heterocycles. The third-order valence-corrected chi connectivity index (χ3v) is 6.14. The van der Waals surface area contributed by atoms with E-state index in [1.54, 1.807) is 7.05 Å². The lowest BCUT2D eigenvalue weighted by molar-refractivity contribution is 0.235. The predicted octanol–water partition coefficient (Wildman–Crippen LogP) is 3.11. The molecule has 4 rings (SSSR count). The number of benzene rings is 2. The van der Waals surface area contributed by atoms with Crippen LogP contribution in [0.15, 0.2) is 53.5 Å². The van der Waals surface area contributed by atoms with E-state index in [2.05, 4.69) is 68.9 Å². The zero-order chi connectivity index (χ0) is 21.5. The minimum absolute atomic E-state index is 0. The van der Waals surface area contributed by atoms with Crippen LogP contribution in [-0.2, 0) is 19.5 Å². The summed E-state index contributed by atoms with van der Waals surface area (Å²) in [4.78, 5) is 9.34. The van der Waals surface area contributed by atoms with E-state index < -0.39 is 0 Å². The molecule has 2 aromatic carbocycles. The summed E-state index contributed by atoms with van der Waals surface area (Å²) in [6.45, 7) is 7.22. The largest absolute Gasteiger partial charge is 0.488 e. The Balaban J connectivity index is 0.00000289. The Hall–Kier alpha value is -1.84.